The minimum Gasteiger partial charge on any atom is -0.462 e. The number of ether oxygens (including phenoxy) is 4. The first-order valence-electron chi connectivity index (χ1n) is 34.5. The van der Waals surface area contributed by atoms with Crippen molar-refractivity contribution < 1.29 is 80.2 Å². The van der Waals surface area contributed by atoms with Gasteiger partial charge in [0.25, 0.3) is 0 Å². The molecule has 5 atom stereocenters. The van der Waals surface area contributed by atoms with Gasteiger partial charge < -0.3 is 33.8 Å². The maximum absolute atomic E-state index is 13.0. The van der Waals surface area contributed by atoms with Crippen LogP contribution in [0.25, 0.3) is 0 Å². The third kappa shape index (κ3) is 60.5. The molecular weight excluding hydrogens is 1140 g/mol. The van der Waals surface area contributed by atoms with E-state index in [2.05, 4.69) is 58.9 Å². The quantitative estimate of drug-likeness (QED) is 0.0169. The minimum absolute atomic E-state index is 0.0990. The molecule has 0 aliphatic rings. The van der Waals surface area contributed by atoms with Crippen LogP contribution in [0.4, 0.5) is 0 Å². The number of esters is 4. The van der Waals surface area contributed by atoms with Crippen molar-refractivity contribution in [2.24, 2.45) is 5.92 Å². The third-order valence-electron chi connectivity index (χ3n) is 14.9. The third-order valence-corrected chi connectivity index (χ3v) is 16.8. The van der Waals surface area contributed by atoms with Crippen molar-refractivity contribution in [3.63, 3.8) is 0 Å². The molecule has 0 saturated heterocycles. The summed E-state index contributed by atoms with van der Waals surface area (Å²) in [6.07, 6.45) is 48.6. The highest BCUT2D eigenvalue weighted by Crippen LogP contribution is 2.45. The van der Waals surface area contributed by atoms with Gasteiger partial charge in [-0.3, -0.25) is 37.3 Å². The van der Waals surface area contributed by atoms with Crippen LogP contribution in [0.5, 0.6) is 0 Å². The summed E-state index contributed by atoms with van der Waals surface area (Å²) in [5, 5.41) is 10.5. The Labute approximate surface area is 522 Å². The normalized spacial score (nSPS) is 14.3. The Hall–Kier alpha value is -2.46. The first-order valence-corrected chi connectivity index (χ1v) is 37.4. The first-order chi connectivity index (χ1) is 41.5. The van der Waals surface area contributed by atoms with Crippen LogP contribution in [0.1, 0.15) is 317 Å². The van der Waals surface area contributed by atoms with Crippen molar-refractivity contribution in [2.75, 3.05) is 39.6 Å². The molecule has 0 bridgehead atoms. The van der Waals surface area contributed by atoms with Gasteiger partial charge in [-0.25, -0.2) is 9.13 Å². The van der Waals surface area contributed by atoms with Gasteiger partial charge in [0.05, 0.1) is 26.4 Å². The smallest absolute Gasteiger partial charge is 0.462 e. The summed E-state index contributed by atoms with van der Waals surface area (Å²) >= 11 is 0. The van der Waals surface area contributed by atoms with Gasteiger partial charge in [0.2, 0.25) is 0 Å². The van der Waals surface area contributed by atoms with Crippen LogP contribution in [0.15, 0.2) is 24.3 Å². The summed E-state index contributed by atoms with van der Waals surface area (Å²) in [7, 11) is -9.89. The van der Waals surface area contributed by atoms with Crippen LogP contribution >= 0.6 is 15.6 Å². The highest BCUT2D eigenvalue weighted by atomic mass is 31.2. The fourth-order valence-corrected chi connectivity index (χ4v) is 11.2. The zero-order valence-electron chi connectivity index (χ0n) is 54.9. The van der Waals surface area contributed by atoms with E-state index in [1.807, 2.05) is 0 Å². The second kappa shape index (κ2) is 60.1. The van der Waals surface area contributed by atoms with E-state index in [1.54, 1.807) is 0 Å². The molecule has 0 aromatic rings. The summed E-state index contributed by atoms with van der Waals surface area (Å²) in [6.45, 7) is 6.97. The van der Waals surface area contributed by atoms with Crippen LogP contribution < -0.4 is 0 Å². The number of hydrogen-bond acceptors (Lipinski definition) is 15. The van der Waals surface area contributed by atoms with Gasteiger partial charge in [0.1, 0.15) is 19.3 Å². The van der Waals surface area contributed by atoms with E-state index in [-0.39, 0.29) is 25.7 Å². The Morgan fingerprint density at radius 1 is 0.360 bits per heavy atom. The largest absolute Gasteiger partial charge is 0.472 e. The molecule has 0 aliphatic heterocycles. The van der Waals surface area contributed by atoms with E-state index in [4.69, 9.17) is 37.0 Å². The SMILES string of the molecule is CCCCCC/C=C\C=C/CCCCCCCC(=O)OC[C@H](COP(=O)(O)OC[C@@H](O)COP(=O)(O)OC[C@@H](COC(=O)CCCCCCC)OC(=O)CCCCCCCCC(C)C)OC(=O)CCCCCCCCCCCCCCCCCCC. The Morgan fingerprint density at radius 3 is 0.953 bits per heavy atom. The lowest BCUT2D eigenvalue weighted by Crippen LogP contribution is -2.30. The van der Waals surface area contributed by atoms with Gasteiger partial charge in [0, 0.05) is 25.7 Å². The predicted molar refractivity (Wildman–Crippen MR) is 344 cm³/mol. The number of phosphoric ester groups is 2. The average molecular weight is 1270 g/mol. The van der Waals surface area contributed by atoms with E-state index >= 15 is 0 Å². The number of allylic oxidation sites excluding steroid dienone is 4. The maximum atomic E-state index is 13.0. The van der Waals surface area contributed by atoms with Crippen molar-refractivity contribution in [1.82, 2.24) is 0 Å². The number of phosphoric acid groups is 2. The van der Waals surface area contributed by atoms with E-state index in [1.165, 1.54) is 116 Å². The van der Waals surface area contributed by atoms with Crippen LogP contribution in [0, 0.1) is 5.92 Å². The number of carbonyl (C=O) groups excluding carboxylic acids is 4. The van der Waals surface area contributed by atoms with Gasteiger partial charge >= 0.3 is 39.5 Å². The molecule has 86 heavy (non-hydrogen) atoms. The molecule has 3 N–H and O–H groups in total. The maximum Gasteiger partial charge on any atom is 0.472 e. The molecule has 0 heterocycles. The summed E-state index contributed by atoms with van der Waals surface area (Å²) < 4.78 is 67.8. The van der Waals surface area contributed by atoms with Gasteiger partial charge in [-0.05, 0) is 57.3 Å². The van der Waals surface area contributed by atoms with Crippen LogP contribution in [0.2, 0.25) is 0 Å². The predicted octanol–water partition coefficient (Wildman–Crippen LogP) is 18.5. The number of rotatable bonds is 65. The molecule has 0 aromatic heterocycles. The molecular formula is C67H126O17P2. The summed E-state index contributed by atoms with van der Waals surface area (Å²) in [5.41, 5.74) is 0. The highest BCUT2D eigenvalue weighted by Gasteiger charge is 2.30. The lowest BCUT2D eigenvalue weighted by Gasteiger charge is -2.21. The average Bonchev–Trinajstić information content (AvgIpc) is 3.69. The molecule has 0 rings (SSSR count). The van der Waals surface area contributed by atoms with Gasteiger partial charge in [-0.15, -0.1) is 0 Å². The fraction of sp³-hybridized carbons (Fsp3) is 0.881. The van der Waals surface area contributed by atoms with Crippen LogP contribution in [0.3, 0.4) is 0 Å². The molecule has 0 aliphatic carbocycles. The molecule has 0 radical (unpaired) electrons. The van der Waals surface area contributed by atoms with Gasteiger partial charge in [-0.2, -0.15) is 0 Å². The monoisotopic (exact) mass is 1260 g/mol. The highest BCUT2D eigenvalue weighted by molar-refractivity contribution is 7.47. The second-order valence-corrected chi connectivity index (χ2v) is 26.9. The zero-order valence-corrected chi connectivity index (χ0v) is 56.7. The molecule has 0 aromatic carbocycles. The molecule has 0 saturated carbocycles. The van der Waals surface area contributed by atoms with E-state index < -0.39 is 97.5 Å². The van der Waals surface area contributed by atoms with Crippen LogP contribution in [-0.4, -0.2) is 96.7 Å². The number of aliphatic hydroxyl groups is 1. The summed E-state index contributed by atoms with van der Waals surface area (Å²) in [4.78, 5) is 72.0. The molecule has 506 valence electrons. The molecule has 0 fully saturated rings. The Morgan fingerprint density at radius 2 is 0.628 bits per heavy atom. The van der Waals surface area contributed by atoms with E-state index in [9.17, 15) is 43.2 Å². The van der Waals surface area contributed by atoms with Crippen molar-refractivity contribution in [1.29, 1.82) is 0 Å². The number of hydrogen-bond donors (Lipinski definition) is 3. The minimum atomic E-state index is -4.95. The molecule has 0 spiro atoms. The zero-order chi connectivity index (χ0) is 63.5. The number of aliphatic hydroxyl groups excluding tert-OH is 1. The van der Waals surface area contributed by atoms with E-state index in [0.29, 0.717) is 31.6 Å². The Balaban J connectivity index is 5.19. The van der Waals surface area contributed by atoms with Crippen LogP contribution in [-0.2, 0) is 65.4 Å². The molecule has 2 unspecified atom stereocenters. The lowest BCUT2D eigenvalue weighted by atomic mass is 10.0. The summed E-state index contributed by atoms with van der Waals surface area (Å²) in [5.74, 6) is -1.51. The van der Waals surface area contributed by atoms with Gasteiger partial charge in [-0.1, -0.05) is 264 Å². The van der Waals surface area contributed by atoms with Crippen molar-refractivity contribution in [3.8, 4) is 0 Å². The van der Waals surface area contributed by atoms with Crippen molar-refractivity contribution in [2.45, 2.75) is 335 Å². The molecule has 17 nitrogen and oxygen atoms in total. The van der Waals surface area contributed by atoms with Crippen molar-refractivity contribution >= 4 is 39.5 Å². The standard InChI is InChI=1S/C67H126O17P2/c1-6-9-12-15-17-19-21-23-25-26-28-30-32-34-36-42-47-52-66(71)83-63(57-78-65(70)51-46-41-35-33-31-29-27-24-22-20-18-16-13-10-7-2)59-82-86(75,76)80-55-61(68)54-79-85(73,74)81-58-62(56-77-64(69)50-45-39-14-11-8-3)84-67(72)53-48-43-38-37-40-44-49-60(4)5/h20,22,24,27,60-63,68H,6-19,21,23,25-26,28-59H2,1-5H3,(H,73,74)(H,75,76)/b22-20-,27-24-/t61-,62+,63+/m0/s1. The second-order valence-electron chi connectivity index (χ2n) is 24.0. The van der Waals surface area contributed by atoms with Crippen molar-refractivity contribution in [3.05, 3.63) is 24.3 Å². The first kappa shape index (κ1) is 83.5. The van der Waals surface area contributed by atoms with E-state index in [0.717, 1.165) is 116 Å². The number of unbranched alkanes of at least 4 members (excludes halogenated alkanes) is 34. The molecule has 0 amide bonds. The summed E-state index contributed by atoms with van der Waals surface area (Å²) in [6, 6.07) is 0. The topological polar surface area (TPSA) is 237 Å². The molecule has 19 heteroatoms. The number of carbonyl (C=O) groups is 4. The Bertz CT molecular complexity index is 1760. The fourth-order valence-electron chi connectivity index (χ4n) is 9.57. The van der Waals surface area contributed by atoms with Gasteiger partial charge in [0.15, 0.2) is 12.2 Å². The lowest BCUT2D eigenvalue weighted by molar-refractivity contribution is -0.161. The Kier molecular flexibility index (Phi) is 58.4.